The van der Waals surface area contributed by atoms with Gasteiger partial charge in [0.2, 0.25) is 0 Å². The Morgan fingerprint density at radius 3 is 2.55 bits per heavy atom. The van der Waals surface area contributed by atoms with E-state index in [0.717, 1.165) is 5.56 Å². The normalized spacial score (nSPS) is 15.4. The lowest BCUT2D eigenvalue weighted by Crippen LogP contribution is -1.83. The Hall–Kier alpha value is -2.54. The second-order valence-electron chi connectivity index (χ2n) is 4.63. The molecule has 96 valence electrons. The van der Waals surface area contributed by atoms with Crippen LogP contribution in [0.5, 0.6) is 0 Å². The minimum absolute atomic E-state index is 0.0154. The van der Waals surface area contributed by atoms with Gasteiger partial charge in [-0.3, -0.25) is 0 Å². The Balaban J connectivity index is 2.32. The van der Waals surface area contributed by atoms with Crippen LogP contribution in [0.1, 0.15) is 13.8 Å². The first-order valence-corrected chi connectivity index (χ1v) is 6.32. The molecule has 20 heavy (non-hydrogen) atoms. The van der Waals surface area contributed by atoms with Gasteiger partial charge in [0.25, 0.3) is 0 Å². The van der Waals surface area contributed by atoms with Crippen molar-refractivity contribution in [2.45, 2.75) is 6.92 Å². The average molecular weight is 264 g/mol. The van der Waals surface area contributed by atoms with Crippen LogP contribution in [-0.2, 0) is 0 Å². The van der Waals surface area contributed by atoms with E-state index in [2.05, 4.69) is 0 Å². The third-order valence-electron chi connectivity index (χ3n) is 3.37. The maximum atomic E-state index is 8.38. The lowest BCUT2D eigenvalue weighted by molar-refractivity contribution is 0.669. The van der Waals surface area contributed by atoms with Gasteiger partial charge in [0.05, 0.1) is 8.22 Å². The second-order valence-corrected chi connectivity index (χ2v) is 4.63. The fourth-order valence-electron chi connectivity index (χ4n) is 2.46. The van der Waals surface area contributed by atoms with Crippen LogP contribution in [0, 0.1) is 6.92 Å². The quantitative estimate of drug-likeness (QED) is 0.438. The van der Waals surface area contributed by atoms with E-state index in [1.807, 2.05) is 30.3 Å². The van der Waals surface area contributed by atoms with Crippen LogP contribution in [0.4, 0.5) is 0 Å². The summed E-state index contributed by atoms with van der Waals surface area (Å²) in [6, 6.07) is 7.96. The zero-order chi connectivity index (χ0) is 18.7. The van der Waals surface area contributed by atoms with Crippen molar-refractivity contribution >= 4 is 21.9 Å². The second kappa shape index (κ2) is 4.24. The summed E-state index contributed by atoms with van der Waals surface area (Å²) >= 11 is 0. The molecule has 0 aliphatic rings. The summed E-state index contributed by atoms with van der Waals surface area (Å²) in [5, 5.41) is 0.406. The van der Waals surface area contributed by atoms with Crippen molar-refractivity contribution in [3.63, 3.8) is 0 Å². The smallest absolute Gasteiger partial charge is 0.143 e. The van der Waals surface area contributed by atoms with Gasteiger partial charge in [-0.05, 0) is 24.1 Å². The topological polar surface area (TPSA) is 13.1 Å². The average Bonchev–Trinajstić information content (AvgIpc) is 3.04. The van der Waals surface area contributed by atoms with Crippen LogP contribution in [0.3, 0.4) is 0 Å². The van der Waals surface area contributed by atoms with E-state index in [9.17, 15) is 0 Å². The third-order valence-corrected chi connectivity index (χ3v) is 3.37. The molecule has 0 saturated heterocycles. The molecule has 1 heteroatoms. The van der Waals surface area contributed by atoms with Gasteiger partial charge < -0.3 is 4.42 Å². The molecule has 1 aromatic heterocycles. The number of hydrogen-bond acceptors (Lipinski definition) is 1. The molecule has 0 radical (unpaired) electrons. The van der Waals surface area contributed by atoms with Crippen LogP contribution < -0.4 is 0 Å². The van der Waals surface area contributed by atoms with E-state index < -0.39 is 0 Å². The van der Waals surface area contributed by atoms with Gasteiger partial charge in [0.1, 0.15) is 11.2 Å². The van der Waals surface area contributed by atoms with E-state index >= 15 is 0 Å². The maximum absolute atomic E-state index is 8.38. The molecule has 0 aliphatic carbocycles. The summed E-state index contributed by atoms with van der Waals surface area (Å²) in [4.78, 5) is 0. The minimum Gasteiger partial charge on any atom is -0.455 e. The Morgan fingerprint density at radius 1 is 0.900 bits per heavy atom. The number of benzene rings is 3. The predicted octanol–water partition coefficient (Wildman–Crippen LogP) is 5.56. The number of rotatable bonds is 1. The zero-order valence-corrected chi connectivity index (χ0v) is 10.8. The van der Waals surface area contributed by atoms with Crippen molar-refractivity contribution in [1.29, 1.82) is 0 Å². The van der Waals surface area contributed by atoms with Gasteiger partial charge in [0.15, 0.2) is 0 Å². The van der Waals surface area contributed by atoms with Crippen LogP contribution in [0.25, 0.3) is 33.1 Å². The number of fused-ring (bicyclic) bond motifs is 3. The molecule has 0 spiro atoms. The Labute approximate surface area is 125 Å². The molecule has 0 atom stereocenters. The summed E-state index contributed by atoms with van der Waals surface area (Å²) in [6.07, 6.45) is 0. The van der Waals surface area contributed by atoms with Crippen LogP contribution in [-0.4, -0.2) is 0 Å². The molecule has 4 rings (SSSR count). The van der Waals surface area contributed by atoms with E-state index in [4.69, 9.17) is 12.6 Å². The van der Waals surface area contributed by atoms with E-state index in [0.29, 0.717) is 16.7 Å². The summed E-state index contributed by atoms with van der Waals surface area (Å²) < 4.78 is 54.7. The SMILES string of the molecule is [2H]c1c([2H])c([2H])c2c(oc3c(-c4ccccc4)c(C)c([2H])c([2H])c32)c1[2H]. The maximum Gasteiger partial charge on any atom is 0.143 e. The van der Waals surface area contributed by atoms with Crippen molar-refractivity contribution in [3.05, 3.63) is 72.1 Å². The molecular weight excluding hydrogens is 244 g/mol. The molecule has 0 bridgehead atoms. The van der Waals surface area contributed by atoms with E-state index in [-0.39, 0.29) is 52.6 Å². The Bertz CT molecular complexity index is 1190. The zero-order valence-electron chi connectivity index (χ0n) is 16.8. The molecule has 0 unspecified atom stereocenters. The van der Waals surface area contributed by atoms with Crippen molar-refractivity contribution in [3.8, 4) is 11.1 Å². The van der Waals surface area contributed by atoms with Crippen molar-refractivity contribution < 1.29 is 12.6 Å². The fourth-order valence-corrected chi connectivity index (χ4v) is 2.46. The highest BCUT2D eigenvalue weighted by Crippen LogP contribution is 2.37. The Kier molecular flexibility index (Phi) is 1.43. The van der Waals surface area contributed by atoms with Crippen LogP contribution >= 0.6 is 0 Å². The monoisotopic (exact) mass is 264 g/mol. The van der Waals surface area contributed by atoms with Crippen molar-refractivity contribution in [2.75, 3.05) is 0 Å². The first-order valence-electron chi connectivity index (χ1n) is 9.32. The van der Waals surface area contributed by atoms with Gasteiger partial charge >= 0.3 is 0 Å². The predicted molar refractivity (Wildman–Crippen MR) is 83.9 cm³/mol. The minimum atomic E-state index is -0.378. The molecule has 0 aliphatic heterocycles. The van der Waals surface area contributed by atoms with Crippen molar-refractivity contribution in [1.82, 2.24) is 0 Å². The first-order chi connectivity index (χ1) is 12.3. The molecular formula is C19H14O. The fraction of sp³-hybridized carbons (Fsp3) is 0.0526. The highest BCUT2D eigenvalue weighted by molar-refractivity contribution is 6.10. The molecule has 1 heterocycles. The Morgan fingerprint density at radius 2 is 1.70 bits per heavy atom. The molecule has 0 amide bonds. The van der Waals surface area contributed by atoms with Crippen LogP contribution in [0.2, 0.25) is 0 Å². The summed E-state index contributed by atoms with van der Waals surface area (Å²) in [7, 11) is 0. The van der Waals surface area contributed by atoms with Gasteiger partial charge in [-0.25, -0.2) is 0 Å². The molecule has 0 N–H and O–H groups in total. The molecule has 0 saturated carbocycles. The largest absolute Gasteiger partial charge is 0.455 e. The van der Waals surface area contributed by atoms with E-state index in [1.165, 1.54) is 0 Å². The highest BCUT2D eigenvalue weighted by Gasteiger charge is 2.13. The summed E-state index contributed by atoms with van der Waals surface area (Å²) in [6.45, 7) is 1.74. The third kappa shape index (κ3) is 1.56. The van der Waals surface area contributed by atoms with E-state index in [1.54, 1.807) is 6.92 Å². The van der Waals surface area contributed by atoms with Gasteiger partial charge in [-0.1, -0.05) is 60.5 Å². The van der Waals surface area contributed by atoms with Gasteiger partial charge in [-0.2, -0.15) is 0 Å². The number of hydrogen-bond donors (Lipinski definition) is 0. The van der Waals surface area contributed by atoms with Gasteiger partial charge in [-0.15, -0.1) is 0 Å². The van der Waals surface area contributed by atoms with Crippen molar-refractivity contribution in [2.24, 2.45) is 0 Å². The highest BCUT2D eigenvalue weighted by atomic mass is 16.3. The summed E-state index contributed by atoms with van der Waals surface area (Å²) in [5.41, 5.74) is 2.34. The number of para-hydroxylation sites is 1. The lowest BCUT2D eigenvalue weighted by Gasteiger charge is -2.06. The first kappa shape index (κ1) is 6.76. The van der Waals surface area contributed by atoms with Gasteiger partial charge in [0, 0.05) is 16.3 Å². The van der Waals surface area contributed by atoms with Crippen LogP contribution in [0.15, 0.2) is 71.0 Å². The summed E-state index contributed by atoms with van der Waals surface area (Å²) in [5.74, 6) is 0. The molecule has 3 aromatic carbocycles. The lowest BCUT2D eigenvalue weighted by atomic mass is 9.98. The number of furan rings is 1. The molecule has 1 nitrogen and oxygen atoms in total. The standard InChI is InChI=1S/C19H14O/c1-13-11-12-16-15-9-5-6-10-17(15)20-19(16)18(13)14-7-3-2-4-8-14/h2-12H,1H3/i5D,6D,9D,10D,11D,12D. The molecule has 4 aromatic rings. The molecule has 0 fully saturated rings.